The molecule has 0 N–H and O–H groups in total. The molecule has 18 heavy (non-hydrogen) atoms. The van der Waals surface area contributed by atoms with Crippen molar-refractivity contribution in [2.75, 3.05) is 14.1 Å². The molecule has 0 fully saturated rings. The van der Waals surface area contributed by atoms with Crippen LogP contribution in [-0.4, -0.2) is 35.1 Å². The minimum Gasteiger partial charge on any atom is -0.389 e. The van der Waals surface area contributed by atoms with E-state index in [0.717, 1.165) is 0 Å². The Bertz CT molecular complexity index is 474. The average Bonchev–Trinajstić information content (AvgIpc) is 2.22. The first-order valence-corrected chi connectivity index (χ1v) is 6.14. The minimum absolute atomic E-state index is 0.0863. The lowest BCUT2D eigenvalue weighted by Gasteiger charge is -2.15. The zero-order chi connectivity index (χ0) is 14.1. The maximum atomic E-state index is 11.4. The largest absolute Gasteiger partial charge is 0.416 e. The first-order chi connectivity index (χ1) is 8.12. The van der Waals surface area contributed by atoms with Crippen LogP contribution in [0.3, 0.4) is 0 Å². The van der Waals surface area contributed by atoms with E-state index in [2.05, 4.69) is 9.97 Å². The van der Waals surface area contributed by atoms with Crippen LogP contribution in [0.4, 0.5) is 4.79 Å². The highest BCUT2D eigenvalue weighted by molar-refractivity contribution is 6.66. The van der Waals surface area contributed by atoms with E-state index in [9.17, 15) is 4.79 Å². The van der Waals surface area contributed by atoms with Crippen LogP contribution in [0.15, 0.2) is 0 Å². The summed E-state index contributed by atoms with van der Waals surface area (Å²) in [5, 5.41) is 0.0863. The van der Waals surface area contributed by atoms with Gasteiger partial charge in [-0.05, 0) is 6.92 Å². The first-order valence-electron chi connectivity index (χ1n) is 4.63. The van der Waals surface area contributed by atoms with Crippen LogP contribution in [0.25, 0.3) is 0 Å². The van der Waals surface area contributed by atoms with E-state index in [1.165, 1.54) is 19.0 Å². The molecule has 0 radical (unpaired) electrons. The van der Waals surface area contributed by atoms with Gasteiger partial charge in [0.1, 0.15) is 5.02 Å². The smallest absolute Gasteiger partial charge is 0.389 e. The van der Waals surface area contributed by atoms with Crippen molar-refractivity contribution in [1.29, 1.82) is 0 Å². The fourth-order valence-electron chi connectivity index (χ4n) is 0.901. The molecule has 0 aliphatic heterocycles. The normalized spacial score (nSPS) is 11.3. The van der Waals surface area contributed by atoms with Crippen molar-refractivity contribution < 1.29 is 9.53 Å². The standard InChI is InChI=1S/C9H9Cl4N3O2/c1-4-5(10)6(18-8(17)16(2)3)15-7(14-4)9(11,12)13/h1-3H3. The second-order valence-electron chi connectivity index (χ2n) is 3.51. The number of aromatic nitrogens is 2. The summed E-state index contributed by atoms with van der Waals surface area (Å²) in [6.45, 7) is 1.58. The van der Waals surface area contributed by atoms with Crippen LogP contribution < -0.4 is 4.74 Å². The zero-order valence-corrected chi connectivity index (χ0v) is 12.7. The third-order valence-electron chi connectivity index (χ3n) is 1.79. The molecule has 9 heteroatoms. The van der Waals surface area contributed by atoms with Gasteiger partial charge in [-0.1, -0.05) is 46.4 Å². The van der Waals surface area contributed by atoms with Gasteiger partial charge in [-0.25, -0.2) is 9.78 Å². The van der Waals surface area contributed by atoms with E-state index in [1.807, 2.05) is 0 Å². The SMILES string of the molecule is Cc1nc(C(Cl)(Cl)Cl)nc(OC(=O)N(C)C)c1Cl. The van der Waals surface area contributed by atoms with E-state index < -0.39 is 9.89 Å². The second-order valence-corrected chi connectivity index (χ2v) is 6.17. The summed E-state index contributed by atoms with van der Waals surface area (Å²) < 4.78 is 3.13. The summed E-state index contributed by atoms with van der Waals surface area (Å²) in [7, 11) is 3.03. The van der Waals surface area contributed by atoms with Gasteiger partial charge >= 0.3 is 6.09 Å². The van der Waals surface area contributed by atoms with Crippen molar-refractivity contribution in [3.8, 4) is 5.88 Å². The Morgan fingerprint density at radius 3 is 2.28 bits per heavy atom. The third kappa shape index (κ3) is 3.75. The number of hydrogen-bond acceptors (Lipinski definition) is 4. The van der Waals surface area contributed by atoms with Crippen LogP contribution in [0.5, 0.6) is 5.88 Å². The summed E-state index contributed by atoms with van der Waals surface area (Å²) in [6, 6.07) is 0. The summed E-state index contributed by atoms with van der Waals surface area (Å²) in [6.07, 6.45) is -0.648. The number of nitrogens with zero attached hydrogens (tertiary/aromatic N) is 3. The van der Waals surface area contributed by atoms with Crippen LogP contribution >= 0.6 is 46.4 Å². The van der Waals surface area contributed by atoms with Crippen LogP contribution in [0.2, 0.25) is 5.02 Å². The Hall–Kier alpha value is -0.490. The summed E-state index contributed by atoms with van der Waals surface area (Å²) in [4.78, 5) is 20.4. The van der Waals surface area contributed by atoms with Crippen molar-refractivity contribution in [3.05, 3.63) is 16.5 Å². The molecular formula is C9H9Cl4N3O2. The molecule has 5 nitrogen and oxygen atoms in total. The quantitative estimate of drug-likeness (QED) is 0.740. The van der Waals surface area contributed by atoms with Crippen molar-refractivity contribution >= 4 is 52.5 Å². The van der Waals surface area contributed by atoms with Crippen molar-refractivity contribution in [2.24, 2.45) is 0 Å². The lowest BCUT2D eigenvalue weighted by molar-refractivity contribution is 0.170. The topological polar surface area (TPSA) is 55.3 Å². The second kappa shape index (κ2) is 5.65. The number of aryl methyl sites for hydroxylation is 1. The number of ether oxygens (including phenoxy) is 1. The number of halogens is 4. The lowest BCUT2D eigenvalue weighted by atomic mass is 10.4. The fraction of sp³-hybridized carbons (Fsp3) is 0.444. The van der Waals surface area contributed by atoms with Crippen molar-refractivity contribution in [2.45, 2.75) is 10.7 Å². The number of alkyl halides is 3. The van der Waals surface area contributed by atoms with E-state index in [-0.39, 0.29) is 16.7 Å². The van der Waals surface area contributed by atoms with E-state index in [1.54, 1.807) is 6.92 Å². The molecule has 0 aliphatic rings. The van der Waals surface area contributed by atoms with Crippen LogP contribution in [0, 0.1) is 6.92 Å². The summed E-state index contributed by atoms with van der Waals surface area (Å²) in [5.74, 6) is -0.264. The van der Waals surface area contributed by atoms with Gasteiger partial charge in [-0.3, -0.25) is 0 Å². The van der Waals surface area contributed by atoms with Crippen LogP contribution in [-0.2, 0) is 3.79 Å². The predicted octanol–water partition coefficient (Wildman–Crippen LogP) is 3.33. The molecule has 1 heterocycles. The average molecular weight is 333 g/mol. The molecule has 1 amide bonds. The highest BCUT2D eigenvalue weighted by Gasteiger charge is 2.29. The molecule has 100 valence electrons. The monoisotopic (exact) mass is 331 g/mol. The Balaban J connectivity index is 3.19. The summed E-state index contributed by atoms with van der Waals surface area (Å²) in [5.41, 5.74) is 0.342. The van der Waals surface area contributed by atoms with Gasteiger partial charge in [-0.15, -0.1) is 0 Å². The van der Waals surface area contributed by atoms with Gasteiger partial charge in [0.2, 0.25) is 9.67 Å². The molecule has 0 saturated carbocycles. The molecular weight excluding hydrogens is 324 g/mol. The molecule has 0 atom stereocenters. The molecule has 0 saturated heterocycles. The minimum atomic E-state index is -1.82. The van der Waals surface area contributed by atoms with Crippen molar-refractivity contribution in [3.63, 3.8) is 0 Å². The number of hydrogen-bond donors (Lipinski definition) is 0. The molecule has 0 aliphatic carbocycles. The van der Waals surface area contributed by atoms with Gasteiger partial charge in [0.25, 0.3) is 0 Å². The Kier molecular flexibility index (Phi) is 4.89. The highest BCUT2D eigenvalue weighted by Crippen LogP contribution is 2.38. The fourth-order valence-corrected chi connectivity index (χ4v) is 1.28. The molecule has 0 bridgehead atoms. The zero-order valence-electron chi connectivity index (χ0n) is 9.67. The van der Waals surface area contributed by atoms with E-state index >= 15 is 0 Å². The van der Waals surface area contributed by atoms with E-state index in [0.29, 0.717) is 5.69 Å². The number of carbonyl (C=O) groups is 1. The molecule has 1 aromatic rings. The maximum absolute atomic E-state index is 11.4. The Morgan fingerprint density at radius 1 is 1.28 bits per heavy atom. The Morgan fingerprint density at radius 2 is 1.83 bits per heavy atom. The first kappa shape index (κ1) is 15.6. The third-order valence-corrected chi connectivity index (χ3v) is 2.73. The number of carbonyl (C=O) groups excluding carboxylic acids is 1. The van der Waals surface area contributed by atoms with Crippen LogP contribution in [0.1, 0.15) is 11.5 Å². The molecule has 0 spiro atoms. The van der Waals surface area contributed by atoms with E-state index in [4.69, 9.17) is 51.1 Å². The molecule has 1 aromatic heterocycles. The number of amides is 1. The number of rotatable bonds is 1. The van der Waals surface area contributed by atoms with Gasteiger partial charge in [-0.2, -0.15) is 4.98 Å². The molecule has 0 aromatic carbocycles. The van der Waals surface area contributed by atoms with Gasteiger partial charge in [0.15, 0.2) is 5.82 Å². The molecule has 1 rings (SSSR count). The molecule has 0 unspecified atom stereocenters. The maximum Gasteiger partial charge on any atom is 0.416 e. The lowest BCUT2D eigenvalue weighted by Crippen LogP contribution is -2.26. The summed E-state index contributed by atoms with van der Waals surface area (Å²) >= 11 is 22.9. The Labute approximate surface area is 124 Å². The van der Waals surface area contributed by atoms with Gasteiger partial charge in [0, 0.05) is 14.1 Å². The predicted molar refractivity (Wildman–Crippen MR) is 70.7 cm³/mol. The highest BCUT2D eigenvalue weighted by atomic mass is 35.6. The van der Waals surface area contributed by atoms with Crippen molar-refractivity contribution in [1.82, 2.24) is 14.9 Å². The van der Waals surface area contributed by atoms with Gasteiger partial charge in [0.05, 0.1) is 5.69 Å². The van der Waals surface area contributed by atoms with Gasteiger partial charge < -0.3 is 9.64 Å².